The van der Waals surface area contributed by atoms with E-state index in [2.05, 4.69) is 5.92 Å². The van der Waals surface area contributed by atoms with Crippen LogP contribution >= 0.6 is 0 Å². The molecule has 0 bridgehead atoms. The molecule has 1 amide bonds. The molecular weight excluding hydrogens is 326 g/mol. The largest absolute Gasteiger partial charge is 0.467 e. The molecule has 0 atom stereocenters. The Labute approximate surface area is 151 Å². The first kappa shape index (κ1) is 15.9. The van der Waals surface area contributed by atoms with E-state index in [-0.39, 0.29) is 24.8 Å². The molecule has 0 saturated carbocycles. The van der Waals surface area contributed by atoms with E-state index in [0.29, 0.717) is 22.5 Å². The number of fused-ring (bicyclic) bond motifs is 3. The molecule has 0 radical (unpaired) electrons. The van der Waals surface area contributed by atoms with Crippen LogP contribution in [-0.2, 0) is 6.54 Å². The fraction of sp³-hybridized carbons (Fsp3) is 0.0909. The van der Waals surface area contributed by atoms with E-state index >= 15 is 0 Å². The van der Waals surface area contributed by atoms with E-state index in [1.165, 1.54) is 4.90 Å². The number of hydrogen-bond donors (Lipinski definition) is 0. The van der Waals surface area contributed by atoms with Gasteiger partial charge in [-0.15, -0.1) is 6.42 Å². The van der Waals surface area contributed by atoms with Crippen LogP contribution in [0.4, 0.5) is 0 Å². The number of benzene rings is 2. The zero-order valence-corrected chi connectivity index (χ0v) is 13.9. The highest BCUT2D eigenvalue weighted by atomic mass is 16.3. The van der Waals surface area contributed by atoms with Crippen molar-refractivity contribution in [3.05, 3.63) is 83.3 Å². The minimum Gasteiger partial charge on any atom is -0.467 e. The normalized spacial score (nSPS) is 11.6. The Kier molecular flexibility index (Phi) is 3.91. The Morgan fingerprint density at radius 2 is 1.77 bits per heavy atom. The third kappa shape index (κ3) is 2.60. The number of hydrogen-bond acceptors (Lipinski definition) is 3. The summed E-state index contributed by atoms with van der Waals surface area (Å²) in [7, 11) is 0. The topological polar surface area (TPSA) is 50.5 Å². The molecule has 0 aliphatic heterocycles. The summed E-state index contributed by atoms with van der Waals surface area (Å²) in [5.41, 5.74) is 3.42. The third-order valence-corrected chi connectivity index (χ3v) is 4.47. The Hall–Kier alpha value is -3.58. The summed E-state index contributed by atoms with van der Waals surface area (Å²) in [4.78, 5) is 27.1. The summed E-state index contributed by atoms with van der Waals surface area (Å²) >= 11 is 0. The van der Waals surface area contributed by atoms with E-state index in [1.54, 1.807) is 36.6 Å². The highest BCUT2D eigenvalue weighted by Crippen LogP contribution is 2.36. The van der Waals surface area contributed by atoms with Crippen LogP contribution in [0.25, 0.3) is 11.1 Å². The van der Waals surface area contributed by atoms with Gasteiger partial charge in [0.15, 0.2) is 5.78 Å². The lowest BCUT2D eigenvalue weighted by molar-refractivity contribution is 0.0755. The molecule has 26 heavy (non-hydrogen) atoms. The maximum Gasteiger partial charge on any atom is 0.255 e. The summed E-state index contributed by atoms with van der Waals surface area (Å²) < 4.78 is 5.31. The first-order chi connectivity index (χ1) is 12.7. The summed E-state index contributed by atoms with van der Waals surface area (Å²) in [5, 5.41) is 0. The lowest BCUT2D eigenvalue weighted by Crippen LogP contribution is -2.30. The fourth-order valence-corrected chi connectivity index (χ4v) is 3.24. The van der Waals surface area contributed by atoms with E-state index in [9.17, 15) is 9.59 Å². The van der Waals surface area contributed by atoms with Crippen molar-refractivity contribution < 1.29 is 14.0 Å². The average Bonchev–Trinajstić information content (AvgIpc) is 3.28. The number of furan rings is 1. The van der Waals surface area contributed by atoms with Gasteiger partial charge in [-0.1, -0.05) is 36.3 Å². The van der Waals surface area contributed by atoms with Crippen LogP contribution in [-0.4, -0.2) is 23.1 Å². The molecule has 0 fully saturated rings. The van der Waals surface area contributed by atoms with Gasteiger partial charge in [-0.3, -0.25) is 9.59 Å². The molecule has 1 aliphatic rings. The Morgan fingerprint density at radius 3 is 2.50 bits per heavy atom. The van der Waals surface area contributed by atoms with Gasteiger partial charge in [-0.05, 0) is 35.4 Å². The van der Waals surface area contributed by atoms with E-state index in [1.807, 2.05) is 24.3 Å². The molecule has 1 aromatic heterocycles. The number of amides is 1. The van der Waals surface area contributed by atoms with Crippen LogP contribution in [0.2, 0.25) is 0 Å². The molecule has 3 aromatic rings. The molecule has 4 nitrogen and oxygen atoms in total. The number of nitrogens with zero attached hydrogens (tertiary/aromatic N) is 1. The lowest BCUT2D eigenvalue weighted by Gasteiger charge is -2.19. The van der Waals surface area contributed by atoms with Gasteiger partial charge < -0.3 is 9.32 Å². The second-order valence-electron chi connectivity index (χ2n) is 6.08. The van der Waals surface area contributed by atoms with Crippen LogP contribution in [0.5, 0.6) is 0 Å². The fourth-order valence-electron chi connectivity index (χ4n) is 3.24. The molecular formula is C22H15NO3. The minimum absolute atomic E-state index is 0.0558. The molecule has 0 N–H and O–H groups in total. The third-order valence-electron chi connectivity index (χ3n) is 4.47. The maximum atomic E-state index is 12.9. The second kappa shape index (κ2) is 6.38. The Morgan fingerprint density at radius 1 is 1.00 bits per heavy atom. The monoisotopic (exact) mass is 341 g/mol. The number of ketones is 1. The lowest BCUT2D eigenvalue weighted by atomic mass is 10.0. The summed E-state index contributed by atoms with van der Waals surface area (Å²) in [6, 6.07) is 16.2. The van der Waals surface area contributed by atoms with Gasteiger partial charge in [0.1, 0.15) is 5.76 Å². The van der Waals surface area contributed by atoms with E-state index in [4.69, 9.17) is 10.8 Å². The van der Waals surface area contributed by atoms with Crippen molar-refractivity contribution in [3.63, 3.8) is 0 Å². The summed E-state index contributed by atoms with van der Waals surface area (Å²) in [5.74, 6) is 2.87. The maximum absolute atomic E-state index is 12.9. The van der Waals surface area contributed by atoms with Crippen LogP contribution in [0.1, 0.15) is 32.0 Å². The SMILES string of the molecule is C#CCN(Cc1ccco1)C(=O)c1ccc2c(c1)C(=O)c1ccccc1-2. The van der Waals surface area contributed by atoms with Crippen LogP contribution < -0.4 is 0 Å². The van der Waals surface area contributed by atoms with Crippen LogP contribution in [0.15, 0.2) is 65.3 Å². The molecule has 126 valence electrons. The predicted octanol–water partition coefficient (Wildman–Crippen LogP) is 3.77. The molecule has 1 heterocycles. The molecule has 1 aliphatic carbocycles. The van der Waals surface area contributed by atoms with Gasteiger partial charge in [0, 0.05) is 16.7 Å². The van der Waals surface area contributed by atoms with Crippen molar-refractivity contribution in [2.24, 2.45) is 0 Å². The number of terminal acetylenes is 1. The zero-order valence-electron chi connectivity index (χ0n) is 13.9. The van der Waals surface area contributed by atoms with Crippen LogP contribution in [0.3, 0.4) is 0 Å². The van der Waals surface area contributed by atoms with E-state index in [0.717, 1.165) is 11.1 Å². The van der Waals surface area contributed by atoms with Gasteiger partial charge in [-0.2, -0.15) is 0 Å². The Bertz CT molecular complexity index is 1040. The quantitative estimate of drug-likeness (QED) is 0.531. The summed E-state index contributed by atoms with van der Waals surface area (Å²) in [6.07, 6.45) is 6.97. The van der Waals surface area contributed by atoms with Gasteiger partial charge >= 0.3 is 0 Å². The van der Waals surface area contributed by atoms with Gasteiger partial charge in [0.05, 0.1) is 19.4 Å². The molecule has 0 spiro atoms. The van der Waals surface area contributed by atoms with Gasteiger partial charge in [-0.25, -0.2) is 0 Å². The molecule has 0 saturated heterocycles. The summed E-state index contributed by atoms with van der Waals surface area (Å²) in [6.45, 7) is 0.437. The zero-order chi connectivity index (χ0) is 18.1. The van der Waals surface area contributed by atoms with Gasteiger partial charge in [0.25, 0.3) is 5.91 Å². The standard InChI is InChI=1S/C22H15NO3/c1-2-11-23(14-16-6-5-12-26-16)22(25)15-9-10-18-17-7-3-4-8-19(17)21(24)20(18)13-15/h1,3-10,12-13H,11,14H2. The molecule has 4 heteroatoms. The van der Waals surface area contributed by atoms with E-state index < -0.39 is 0 Å². The molecule has 4 rings (SSSR count). The predicted molar refractivity (Wildman–Crippen MR) is 97.6 cm³/mol. The highest BCUT2D eigenvalue weighted by Gasteiger charge is 2.28. The molecule has 0 unspecified atom stereocenters. The number of carbonyl (C=O) groups is 2. The second-order valence-corrected chi connectivity index (χ2v) is 6.08. The first-order valence-corrected chi connectivity index (χ1v) is 8.22. The Balaban J connectivity index is 1.67. The van der Waals surface area contributed by atoms with Crippen molar-refractivity contribution in [2.75, 3.05) is 6.54 Å². The number of carbonyl (C=O) groups excluding carboxylic acids is 2. The van der Waals surface area contributed by atoms with Gasteiger partial charge in [0.2, 0.25) is 0 Å². The van der Waals surface area contributed by atoms with Crippen molar-refractivity contribution in [1.82, 2.24) is 4.90 Å². The van der Waals surface area contributed by atoms with Crippen molar-refractivity contribution in [3.8, 4) is 23.5 Å². The van der Waals surface area contributed by atoms with Crippen molar-refractivity contribution >= 4 is 11.7 Å². The van der Waals surface area contributed by atoms with Crippen molar-refractivity contribution in [1.29, 1.82) is 0 Å². The van der Waals surface area contributed by atoms with Crippen LogP contribution in [0, 0.1) is 12.3 Å². The number of rotatable bonds is 4. The smallest absolute Gasteiger partial charge is 0.255 e. The highest BCUT2D eigenvalue weighted by molar-refractivity contribution is 6.22. The van der Waals surface area contributed by atoms with Crippen molar-refractivity contribution in [2.45, 2.75) is 6.54 Å². The minimum atomic E-state index is -0.231. The molecule has 2 aromatic carbocycles. The average molecular weight is 341 g/mol. The first-order valence-electron chi connectivity index (χ1n) is 8.22.